The predicted octanol–water partition coefficient (Wildman–Crippen LogP) is 0.678. The monoisotopic (exact) mass is 341 g/mol. The summed E-state index contributed by atoms with van der Waals surface area (Å²) in [4.78, 5) is 11.3. The van der Waals surface area contributed by atoms with E-state index in [1.54, 1.807) is 13.0 Å². The van der Waals surface area contributed by atoms with Crippen LogP contribution in [0.2, 0.25) is 0 Å². The van der Waals surface area contributed by atoms with Gasteiger partial charge < -0.3 is 4.74 Å². The minimum atomic E-state index is -3.98. The van der Waals surface area contributed by atoms with Gasteiger partial charge in [0.1, 0.15) is 16.5 Å². The largest absolute Gasteiger partial charge is 0.495 e. The highest BCUT2D eigenvalue weighted by molar-refractivity contribution is 7.89. The summed E-state index contributed by atoms with van der Waals surface area (Å²) >= 11 is 0. The van der Waals surface area contributed by atoms with Gasteiger partial charge in [0.2, 0.25) is 10.0 Å². The van der Waals surface area contributed by atoms with E-state index in [1.165, 1.54) is 19.2 Å². The van der Waals surface area contributed by atoms with Gasteiger partial charge in [-0.05, 0) is 31.2 Å². The van der Waals surface area contributed by atoms with E-state index in [0.717, 1.165) is 16.8 Å². The molecule has 0 bridgehead atoms. The third-order valence-electron chi connectivity index (χ3n) is 3.03. The zero-order valence-corrected chi connectivity index (χ0v) is 13.4. The van der Waals surface area contributed by atoms with Gasteiger partial charge in [-0.15, -0.1) is 0 Å². The molecule has 7 nitrogen and oxygen atoms in total. The fourth-order valence-corrected chi connectivity index (χ4v) is 3.13. The Morgan fingerprint density at radius 1 is 1.30 bits per heavy atom. The van der Waals surface area contributed by atoms with Crippen molar-refractivity contribution in [3.8, 4) is 5.75 Å². The number of hydrogen-bond donors (Lipinski definition) is 1. The van der Waals surface area contributed by atoms with Crippen molar-refractivity contribution < 1.29 is 17.5 Å². The van der Waals surface area contributed by atoms with Crippen molar-refractivity contribution in [2.45, 2.75) is 18.4 Å². The van der Waals surface area contributed by atoms with Crippen LogP contribution in [0.1, 0.15) is 5.69 Å². The van der Waals surface area contributed by atoms with Gasteiger partial charge in [0.05, 0.1) is 19.3 Å². The molecule has 1 aromatic carbocycles. The van der Waals surface area contributed by atoms with Crippen LogP contribution in [0.4, 0.5) is 4.39 Å². The molecule has 1 N–H and O–H groups in total. The zero-order valence-electron chi connectivity index (χ0n) is 12.6. The van der Waals surface area contributed by atoms with Crippen molar-refractivity contribution in [1.29, 1.82) is 0 Å². The van der Waals surface area contributed by atoms with Crippen LogP contribution in [0.3, 0.4) is 0 Å². The molecule has 0 atom stereocenters. The number of hydrogen-bond acceptors (Lipinski definition) is 5. The van der Waals surface area contributed by atoms with E-state index in [1.807, 2.05) is 0 Å². The Kier molecular flexibility index (Phi) is 5.12. The number of nitrogens with zero attached hydrogens (tertiary/aromatic N) is 2. The Bertz CT molecular complexity index is 865. The summed E-state index contributed by atoms with van der Waals surface area (Å²) in [5.74, 6) is -0.660. The van der Waals surface area contributed by atoms with Gasteiger partial charge in [0.25, 0.3) is 5.56 Å². The summed E-state index contributed by atoms with van der Waals surface area (Å²) in [6.45, 7) is 1.70. The maximum atomic E-state index is 13.3. The molecule has 0 aliphatic rings. The highest BCUT2D eigenvalue weighted by atomic mass is 32.2. The van der Waals surface area contributed by atoms with Crippen LogP contribution >= 0.6 is 0 Å². The summed E-state index contributed by atoms with van der Waals surface area (Å²) in [5, 5.41) is 4.00. The summed E-state index contributed by atoms with van der Waals surface area (Å²) in [7, 11) is -2.68. The van der Waals surface area contributed by atoms with E-state index in [4.69, 9.17) is 4.74 Å². The van der Waals surface area contributed by atoms with Gasteiger partial charge in [-0.3, -0.25) is 4.79 Å². The number of methoxy groups -OCH3 is 1. The normalized spacial score (nSPS) is 11.4. The summed E-state index contributed by atoms with van der Waals surface area (Å²) in [5.41, 5.74) is 0.303. The maximum Gasteiger partial charge on any atom is 0.266 e. The van der Waals surface area contributed by atoms with Crippen LogP contribution in [0.5, 0.6) is 5.75 Å². The quantitative estimate of drug-likeness (QED) is 0.834. The summed E-state index contributed by atoms with van der Waals surface area (Å²) in [6, 6.07) is 6.13. The lowest BCUT2D eigenvalue weighted by molar-refractivity contribution is 0.400. The molecule has 0 aliphatic heterocycles. The van der Waals surface area contributed by atoms with Gasteiger partial charge in [-0.1, -0.05) is 0 Å². The zero-order chi connectivity index (χ0) is 17.0. The smallest absolute Gasteiger partial charge is 0.266 e. The first-order valence-corrected chi connectivity index (χ1v) is 8.20. The highest BCUT2D eigenvalue weighted by Gasteiger charge is 2.20. The number of halogens is 1. The van der Waals surface area contributed by atoms with Crippen LogP contribution in [0.15, 0.2) is 40.0 Å². The van der Waals surface area contributed by atoms with Crippen molar-refractivity contribution in [3.05, 3.63) is 52.2 Å². The molecule has 0 aliphatic carbocycles. The lowest BCUT2D eigenvalue weighted by Crippen LogP contribution is -2.32. The third kappa shape index (κ3) is 4.14. The van der Waals surface area contributed by atoms with E-state index in [2.05, 4.69) is 9.82 Å². The standard InChI is InChI=1S/C14H16FN3O4S/c1-10-3-6-14(19)18(17-10)8-7-16-23(20,21)13-9-11(15)4-5-12(13)22-2/h3-6,9,16H,7-8H2,1-2H3. The lowest BCUT2D eigenvalue weighted by Gasteiger charge is -2.11. The third-order valence-corrected chi connectivity index (χ3v) is 4.51. The number of benzene rings is 1. The Balaban J connectivity index is 2.15. The molecule has 0 amide bonds. The molecule has 124 valence electrons. The van der Waals surface area contributed by atoms with Crippen LogP contribution < -0.4 is 15.0 Å². The van der Waals surface area contributed by atoms with Gasteiger partial charge in [0.15, 0.2) is 0 Å². The second-order valence-corrected chi connectivity index (χ2v) is 6.46. The molecule has 0 saturated carbocycles. The number of rotatable bonds is 6. The molecule has 9 heteroatoms. The predicted molar refractivity (Wildman–Crippen MR) is 81.4 cm³/mol. The molecule has 2 rings (SSSR count). The average Bonchev–Trinajstić information content (AvgIpc) is 2.50. The molecule has 0 radical (unpaired) electrons. The van der Waals surface area contributed by atoms with Gasteiger partial charge in [-0.25, -0.2) is 22.2 Å². The number of aromatic nitrogens is 2. The van der Waals surface area contributed by atoms with Crippen molar-refractivity contribution in [2.75, 3.05) is 13.7 Å². The molecule has 0 fully saturated rings. The lowest BCUT2D eigenvalue weighted by atomic mass is 10.3. The van der Waals surface area contributed by atoms with E-state index < -0.39 is 15.8 Å². The van der Waals surface area contributed by atoms with Crippen molar-refractivity contribution in [2.24, 2.45) is 0 Å². The maximum absolute atomic E-state index is 13.3. The second-order valence-electron chi connectivity index (χ2n) is 4.73. The Morgan fingerprint density at radius 2 is 2.04 bits per heavy atom. The van der Waals surface area contributed by atoms with Crippen LogP contribution in [0, 0.1) is 12.7 Å². The van der Waals surface area contributed by atoms with E-state index in [-0.39, 0.29) is 29.3 Å². The number of ether oxygens (including phenoxy) is 1. The molecule has 0 unspecified atom stereocenters. The Hall–Kier alpha value is -2.26. The molecular weight excluding hydrogens is 325 g/mol. The van der Waals surface area contributed by atoms with E-state index in [9.17, 15) is 17.6 Å². The average molecular weight is 341 g/mol. The van der Waals surface area contributed by atoms with Crippen molar-refractivity contribution >= 4 is 10.0 Å². The molecule has 1 heterocycles. The first kappa shape index (κ1) is 17.1. The molecule has 0 saturated heterocycles. The molecule has 1 aromatic heterocycles. The van der Waals surface area contributed by atoms with Crippen LogP contribution in [0.25, 0.3) is 0 Å². The van der Waals surface area contributed by atoms with Crippen molar-refractivity contribution in [3.63, 3.8) is 0 Å². The molecule has 0 spiro atoms. The van der Waals surface area contributed by atoms with Crippen LogP contribution in [-0.4, -0.2) is 31.9 Å². The fraction of sp³-hybridized carbons (Fsp3) is 0.286. The van der Waals surface area contributed by atoms with Crippen molar-refractivity contribution in [1.82, 2.24) is 14.5 Å². The number of sulfonamides is 1. The van der Waals surface area contributed by atoms with E-state index >= 15 is 0 Å². The van der Waals surface area contributed by atoms with Gasteiger partial charge >= 0.3 is 0 Å². The number of nitrogens with one attached hydrogen (secondary N) is 1. The van der Waals surface area contributed by atoms with Gasteiger partial charge in [0, 0.05) is 12.6 Å². The van der Waals surface area contributed by atoms with Gasteiger partial charge in [-0.2, -0.15) is 5.10 Å². The fourth-order valence-electron chi connectivity index (χ4n) is 1.94. The Morgan fingerprint density at radius 3 is 2.74 bits per heavy atom. The topological polar surface area (TPSA) is 90.3 Å². The minimum Gasteiger partial charge on any atom is -0.495 e. The van der Waals surface area contributed by atoms with Crippen LogP contribution in [-0.2, 0) is 16.6 Å². The first-order chi connectivity index (χ1) is 10.8. The second kappa shape index (κ2) is 6.88. The minimum absolute atomic E-state index is 0.0322. The first-order valence-electron chi connectivity index (χ1n) is 6.71. The highest BCUT2D eigenvalue weighted by Crippen LogP contribution is 2.23. The Labute approximate surface area is 132 Å². The SMILES string of the molecule is COc1ccc(F)cc1S(=O)(=O)NCCn1nc(C)ccc1=O. The molecule has 23 heavy (non-hydrogen) atoms. The summed E-state index contributed by atoms with van der Waals surface area (Å²) < 4.78 is 46.2. The van der Waals surface area contributed by atoms with E-state index in [0.29, 0.717) is 5.69 Å². The molecular formula is C14H16FN3O4S. The summed E-state index contributed by atoms with van der Waals surface area (Å²) in [6.07, 6.45) is 0. The molecule has 2 aromatic rings. The number of aryl methyl sites for hydroxylation is 1.